The van der Waals surface area contributed by atoms with Gasteiger partial charge in [0, 0.05) is 13.0 Å². The Morgan fingerprint density at radius 2 is 1.88 bits per heavy atom. The molecule has 3 heteroatoms. The summed E-state index contributed by atoms with van der Waals surface area (Å²) in [6, 6.07) is 0. The minimum Gasteiger partial charge on any atom is -0.356 e. The molecule has 0 saturated heterocycles. The second-order valence-corrected chi connectivity index (χ2v) is 5.86. The molecule has 0 heterocycles. The SMILES string of the molecule is CCC(CN)CC(=O)NCC(C1CC1)C1CC1. The van der Waals surface area contributed by atoms with Crippen LogP contribution in [0.5, 0.6) is 0 Å². The van der Waals surface area contributed by atoms with Gasteiger partial charge in [0.15, 0.2) is 0 Å². The van der Waals surface area contributed by atoms with Crippen molar-refractivity contribution in [2.24, 2.45) is 29.4 Å². The second-order valence-electron chi connectivity index (χ2n) is 5.86. The third kappa shape index (κ3) is 3.98. The maximum Gasteiger partial charge on any atom is 0.220 e. The standard InChI is InChI=1S/C14H26N2O/c1-2-10(8-15)7-14(17)16-9-13(11-3-4-11)12-5-6-12/h10-13H,2-9,15H2,1H3,(H,16,17). The molecule has 1 atom stereocenters. The number of hydrogen-bond donors (Lipinski definition) is 2. The Balaban J connectivity index is 1.67. The molecule has 2 aliphatic carbocycles. The van der Waals surface area contributed by atoms with Gasteiger partial charge in [0.25, 0.3) is 0 Å². The van der Waals surface area contributed by atoms with Crippen LogP contribution in [0.3, 0.4) is 0 Å². The fourth-order valence-corrected chi connectivity index (χ4v) is 2.73. The molecular weight excluding hydrogens is 212 g/mol. The van der Waals surface area contributed by atoms with Crippen LogP contribution in [0.25, 0.3) is 0 Å². The molecule has 2 saturated carbocycles. The highest BCUT2D eigenvalue weighted by Gasteiger charge is 2.41. The van der Waals surface area contributed by atoms with Crippen molar-refractivity contribution in [3.63, 3.8) is 0 Å². The Kier molecular flexibility index (Phi) is 4.43. The first kappa shape index (κ1) is 12.9. The number of rotatable bonds is 8. The normalized spacial score (nSPS) is 21.6. The monoisotopic (exact) mass is 238 g/mol. The zero-order valence-electron chi connectivity index (χ0n) is 11.0. The number of hydrogen-bond acceptors (Lipinski definition) is 2. The van der Waals surface area contributed by atoms with Crippen molar-refractivity contribution in [3.05, 3.63) is 0 Å². The predicted molar refractivity (Wildman–Crippen MR) is 69.4 cm³/mol. The lowest BCUT2D eigenvalue weighted by Gasteiger charge is -2.17. The highest BCUT2D eigenvalue weighted by atomic mass is 16.1. The lowest BCUT2D eigenvalue weighted by atomic mass is 9.97. The van der Waals surface area contributed by atoms with E-state index in [-0.39, 0.29) is 5.91 Å². The number of nitrogens with one attached hydrogen (secondary N) is 1. The van der Waals surface area contributed by atoms with Crippen molar-refractivity contribution in [2.45, 2.75) is 45.4 Å². The average molecular weight is 238 g/mol. The summed E-state index contributed by atoms with van der Waals surface area (Å²) in [7, 11) is 0. The molecule has 0 aromatic carbocycles. The Labute approximate surface area is 105 Å². The summed E-state index contributed by atoms with van der Waals surface area (Å²) in [5.74, 6) is 3.17. The quantitative estimate of drug-likeness (QED) is 0.678. The summed E-state index contributed by atoms with van der Waals surface area (Å²) in [5.41, 5.74) is 5.62. The average Bonchev–Trinajstić information content (AvgIpc) is 3.16. The third-order valence-electron chi connectivity index (χ3n) is 4.37. The molecule has 17 heavy (non-hydrogen) atoms. The van der Waals surface area contributed by atoms with Gasteiger partial charge in [-0.2, -0.15) is 0 Å². The van der Waals surface area contributed by atoms with E-state index in [1.54, 1.807) is 0 Å². The lowest BCUT2D eigenvalue weighted by molar-refractivity contribution is -0.122. The van der Waals surface area contributed by atoms with Crippen molar-refractivity contribution in [3.8, 4) is 0 Å². The molecule has 3 nitrogen and oxygen atoms in total. The molecule has 0 aliphatic heterocycles. The van der Waals surface area contributed by atoms with Gasteiger partial charge < -0.3 is 11.1 Å². The fourth-order valence-electron chi connectivity index (χ4n) is 2.73. The van der Waals surface area contributed by atoms with Gasteiger partial charge >= 0.3 is 0 Å². The minimum atomic E-state index is 0.202. The zero-order valence-corrected chi connectivity index (χ0v) is 11.0. The van der Waals surface area contributed by atoms with Gasteiger partial charge in [0.2, 0.25) is 5.91 Å². The first-order chi connectivity index (χ1) is 8.24. The van der Waals surface area contributed by atoms with Crippen LogP contribution < -0.4 is 11.1 Å². The maximum absolute atomic E-state index is 11.8. The van der Waals surface area contributed by atoms with E-state index >= 15 is 0 Å². The molecule has 0 bridgehead atoms. The molecule has 2 fully saturated rings. The van der Waals surface area contributed by atoms with Crippen LogP contribution in [-0.4, -0.2) is 19.0 Å². The highest BCUT2D eigenvalue weighted by Crippen LogP contribution is 2.48. The van der Waals surface area contributed by atoms with Gasteiger partial charge in [-0.3, -0.25) is 4.79 Å². The van der Waals surface area contributed by atoms with Gasteiger partial charge in [-0.05, 0) is 55.9 Å². The van der Waals surface area contributed by atoms with Crippen LogP contribution in [0.1, 0.15) is 45.4 Å². The van der Waals surface area contributed by atoms with E-state index in [2.05, 4.69) is 12.2 Å². The van der Waals surface area contributed by atoms with Gasteiger partial charge in [-0.25, -0.2) is 0 Å². The van der Waals surface area contributed by atoms with Crippen molar-refractivity contribution in [1.29, 1.82) is 0 Å². The number of carbonyl (C=O) groups excluding carboxylic acids is 1. The number of carbonyl (C=O) groups is 1. The van der Waals surface area contributed by atoms with Gasteiger partial charge in [-0.1, -0.05) is 13.3 Å². The van der Waals surface area contributed by atoms with E-state index in [4.69, 9.17) is 5.73 Å². The summed E-state index contributed by atoms with van der Waals surface area (Å²) in [5, 5.41) is 3.13. The number of nitrogens with two attached hydrogens (primary N) is 1. The van der Waals surface area contributed by atoms with Crippen LogP contribution in [0, 0.1) is 23.7 Å². The van der Waals surface area contributed by atoms with Crippen LogP contribution >= 0.6 is 0 Å². The molecule has 2 rings (SSSR count). The molecule has 3 N–H and O–H groups in total. The molecule has 0 aromatic heterocycles. The van der Waals surface area contributed by atoms with Crippen LogP contribution in [0.2, 0.25) is 0 Å². The molecule has 0 aromatic rings. The first-order valence-corrected chi connectivity index (χ1v) is 7.21. The maximum atomic E-state index is 11.8. The highest BCUT2D eigenvalue weighted by molar-refractivity contribution is 5.76. The van der Waals surface area contributed by atoms with E-state index in [0.717, 1.165) is 30.7 Å². The van der Waals surface area contributed by atoms with E-state index in [1.807, 2.05) is 0 Å². The van der Waals surface area contributed by atoms with E-state index in [9.17, 15) is 4.79 Å². The topological polar surface area (TPSA) is 55.1 Å². The van der Waals surface area contributed by atoms with Crippen molar-refractivity contribution < 1.29 is 4.79 Å². The van der Waals surface area contributed by atoms with Crippen molar-refractivity contribution in [2.75, 3.05) is 13.1 Å². The van der Waals surface area contributed by atoms with E-state index in [0.29, 0.717) is 18.9 Å². The summed E-state index contributed by atoms with van der Waals surface area (Å²) in [4.78, 5) is 11.8. The van der Waals surface area contributed by atoms with Gasteiger partial charge in [0.1, 0.15) is 0 Å². The minimum absolute atomic E-state index is 0.202. The van der Waals surface area contributed by atoms with Crippen molar-refractivity contribution >= 4 is 5.91 Å². The van der Waals surface area contributed by atoms with Gasteiger partial charge in [-0.15, -0.1) is 0 Å². The smallest absolute Gasteiger partial charge is 0.220 e. The van der Waals surface area contributed by atoms with Crippen LogP contribution in [0.4, 0.5) is 0 Å². The van der Waals surface area contributed by atoms with Gasteiger partial charge in [0.05, 0.1) is 0 Å². The predicted octanol–water partition coefficient (Wildman–Crippen LogP) is 1.91. The van der Waals surface area contributed by atoms with Crippen LogP contribution in [-0.2, 0) is 4.79 Å². The zero-order chi connectivity index (χ0) is 12.3. The summed E-state index contributed by atoms with van der Waals surface area (Å²) in [6.07, 6.45) is 7.15. The summed E-state index contributed by atoms with van der Waals surface area (Å²) in [6.45, 7) is 3.63. The van der Waals surface area contributed by atoms with E-state index in [1.165, 1.54) is 25.7 Å². The Bertz CT molecular complexity index is 243. The summed E-state index contributed by atoms with van der Waals surface area (Å²) >= 11 is 0. The first-order valence-electron chi connectivity index (χ1n) is 7.21. The Morgan fingerprint density at radius 3 is 2.29 bits per heavy atom. The van der Waals surface area contributed by atoms with Crippen molar-refractivity contribution in [1.82, 2.24) is 5.32 Å². The Morgan fingerprint density at radius 1 is 1.29 bits per heavy atom. The molecule has 1 amide bonds. The fraction of sp³-hybridized carbons (Fsp3) is 0.929. The molecule has 1 unspecified atom stereocenters. The Hall–Kier alpha value is -0.570. The third-order valence-corrected chi connectivity index (χ3v) is 4.37. The lowest BCUT2D eigenvalue weighted by Crippen LogP contribution is -2.33. The summed E-state index contributed by atoms with van der Waals surface area (Å²) < 4.78 is 0. The molecule has 0 radical (unpaired) electrons. The largest absolute Gasteiger partial charge is 0.356 e. The molecule has 0 spiro atoms. The number of amides is 1. The van der Waals surface area contributed by atoms with Crippen LogP contribution in [0.15, 0.2) is 0 Å². The molecule has 98 valence electrons. The molecule has 2 aliphatic rings. The second kappa shape index (κ2) is 5.85. The van der Waals surface area contributed by atoms with E-state index < -0.39 is 0 Å². The molecular formula is C14H26N2O.